The molecule has 1 aliphatic heterocycles. The molecule has 7 heteroatoms. The summed E-state index contributed by atoms with van der Waals surface area (Å²) in [4.78, 5) is 37.5. The van der Waals surface area contributed by atoms with Crippen molar-refractivity contribution in [3.63, 3.8) is 0 Å². The second kappa shape index (κ2) is 7.66. The Balaban J connectivity index is 1.69. The van der Waals surface area contributed by atoms with Crippen LogP contribution in [0.5, 0.6) is 0 Å². The monoisotopic (exact) mass is 376 g/mol. The SMILES string of the molecule is CC(C)CC(=O)Nc1ccc(C(=O)N2C[C@H](C(=O)O)[C@@H](C3CC3)C2)cc1F. The van der Waals surface area contributed by atoms with Gasteiger partial charge >= 0.3 is 5.97 Å². The lowest BCUT2D eigenvalue weighted by molar-refractivity contribution is -0.142. The van der Waals surface area contributed by atoms with E-state index < -0.39 is 17.7 Å². The first-order valence-corrected chi connectivity index (χ1v) is 9.37. The number of aliphatic carboxylic acids is 1. The Morgan fingerprint density at radius 1 is 1.26 bits per heavy atom. The zero-order valence-electron chi connectivity index (χ0n) is 15.6. The van der Waals surface area contributed by atoms with Crippen LogP contribution in [-0.4, -0.2) is 40.9 Å². The molecular formula is C20H25FN2O4. The molecule has 146 valence electrons. The Hall–Kier alpha value is -2.44. The van der Waals surface area contributed by atoms with Gasteiger partial charge in [-0.2, -0.15) is 0 Å². The summed E-state index contributed by atoms with van der Waals surface area (Å²) in [6, 6.07) is 3.95. The van der Waals surface area contributed by atoms with Gasteiger partial charge in [-0.1, -0.05) is 13.8 Å². The number of hydrogen-bond donors (Lipinski definition) is 2. The molecule has 0 aromatic heterocycles. The third kappa shape index (κ3) is 4.46. The standard InChI is InChI=1S/C20H25FN2O4/c1-11(2)7-18(24)22-17-6-5-13(8-16(17)21)19(25)23-9-14(12-3-4-12)15(10-23)20(26)27/h5-6,8,11-12,14-15H,3-4,7,9-10H2,1-2H3,(H,22,24)(H,26,27)/t14-,15+/m1/s1. The smallest absolute Gasteiger partial charge is 0.308 e. The second-order valence-corrected chi connectivity index (χ2v) is 8.00. The molecule has 1 saturated carbocycles. The van der Waals surface area contributed by atoms with Crippen LogP contribution < -0.4 is 5.32 Å². The minimum absolute atomic E-state index is 0.0223. The Morgan fingerprint density at radius 2 is 1.96 bits per heavy atom. The quantitative estimate of drug-likeness (QED) is 0.799. The number of amides is 2. The number of carboxylic acid groups (broad SMARTS) is 1. The maximum atomic E-state index is 14.3. The third-order valence-electron chi connectivity index (χ3n) is 5.28. The van der Waals surface area contributed by atoms with Crippen LogP contribution in [-0.2, 0) is 9.59 Å². The number of anilines is 1. The molecule has 2 aliphatic rings. The molecule has 0 spiro atoms. The first-order valence-electron chi connectivity index (χ1n) is 9.37. The van der Waals surface area contributed by atoms with Crippen molar-refractivity contribution in [2.75, 3.05) is 18.4 Å². The largest absolute Gasteiger partial charge is 0.481 e. The van der Waals surface area contributed by atoms with Gasteiger partial charge in [0.1, 0.15) is 5.82 Å². The average Bonchev–Trinajstić information content (AvgIpc) is 3.33. The predicted molar refractivity (Wildman–Crippen MR) is 97.7 cm³/mol. The minimum atomic E-state index is -0.878. The Kier molecular flexibility index (Phi) is 5.48. The molecule has 1 heterocycles. The molecule has 0 radical (unpaired) electrons. The van der Waals surface area contributed by atoms with Gasteiger partial charge in [-0.3, -0.25) is 14.4 Å². The van der Waals surface area contributed by atoms with E-state index in [9.17, 15) is 23.9 Å². The van der Waals surface area contributed by atoms with Crippen molar-refractivity contribution in [3.8, 4) is 0 Å². The number of hydrogen-bond acceptors (Lipinski definition) is 3. The highest BCUT2D eigenvalue weighted by molar-refractivity contribution is 5.96. The Morgan fingerprint density at radius 3 is 2.52 bits per heavy atom. The molecule has 0 bridgehead atoms. The summed E-state index contributed by atoms with van der Waals surface area (Å²) in [6.45, 7) is 4.35. The van der Waals surface area contributed by atoms with E-state index >= 15 is 0 Å². The van der Waals surface area contributed by atoms with Crippen molar-refractivity contribution in [2.45, 2.75) is 33.1 Å². The van der Waals surface area contributed by atoms with Gasteiger partial charge in [0.25, 0.3) is 5.91 Å². The zero-order chi connectivity index (χ0) is 19.7. The molecule has 2 fully saturated rings. The summed E-state index contributed by atoms with van der Waals surface area (Å²) in [7, 11) is 0. The van der Waals surface area contributed by atoms with Gasteiger partial charge in [0.2, 0.25) is 5.91 Å². The van der Waals surface area contributed by atoms with Crippen molar-refractivity contribution in [1.82, 2.24) is 4.90 Å². The highest BCUT2D eigenvalue weighted by Gasteiger charge is 2.46. The lowest BCUT2D eigenvalue weighted by Crippen LogP contribution is -2.30. The normalized spacial score (nSPS) is 22.1. The van der Waals surface area contributed by atoms with Gasteiger partial charge in [0, 0.05) is 25.1 Å². The fourth-order valence-corrected chi connectivity index (χ4v) is 3.76. The van der Waals surface area contributed by atoms with E-state index in [1.165, 1.54) is 17.0 Å². The van der Waals surface area contributed by atoms with E-state index in [-0.39, 0.29) is 47.9 Å². The zero-order valence-corrected chi connectivity index (χ0v) is 15.6. The highest BCUT2D eigenvalue weighted by atomic mass is 19.1. The number of benzene rings is 1. The van der Waals surface area contributed by atoms with E-state index in [1.807, 2.05) is 13.8 Å². The van der Waals surface area contributed by atoms with Crippen molar-refractivity contribution in [3.05, 3.63) is 29.6 Å². The van der Waals surface area contributed by atoms with E-state index in [2.05, 4.69) is 5.32 Å². The Labute approximate surface area is 157 Å². The molecule has 1 aromatic rings. The molecule has 27 heavy (non-hydrogen) atoms. The molecule has 1 aromatic carbocycles. The van der Waals surface area contributed by atoms with Gasteiger partial charge in [0.05, 0.1) is 11.6 Å². The van der Waals surface area contributed by atoms with Crippen molar-refractivity contribution >= 4 is 23.5 Å². The lowest BCUT2D eigenvalue weighted by atomic mass is 9.92. The van der Waals surface area contributed by atoms with Crippen LogP contribution in [0, 0.1) is 29.5 Å². The fraction of sp³-hybridized carbons (Fsp3) is 0.550. The number of carboxylic acids is 1. The maximum Gasteiger partial charge on any atom is 0.308 e. The molecule has 0 unspecified atom stereocenters. The van der Waals surface area contributed by atoms with Crippen molar-refractivity contribution < 1.29 is 23.9 Å². The number of carbonyl (C=O) groups is 3. The second-order valence-electron chi connectivity index (χ2n) is 8.00. The summed E-state index contributed by atoms with van der Waals surface area (Å²) in [6.07, 6.45) is 2.30. The van der Waals surface area contributed by atoms with Crippen LogP contribution in [0.2, 0.25) is 0 Å². The molecule has 1 saturated heterocycles. The highest BCUT2D eigenvalue weighted by Crippen LogP contribution is 2.44. The van der Waals surface area contributed by atoms with Crippen LogP contribution in [0.15, 0.2) is 18.2 Å². The molecular weight excluding hydrogens is 351 g/mol. The van der Waals surface area contributed by atoms with Crippen LogP contribution in [0.25, 0.3) is 0 Å². The number of likely N-dealkylation sites (tertiary alicyclic amines) is 1. The molecule has 2 N–H and O–H groups in total. The summed E-state index contributed by atoms with van der Waals surface area (Å²) >= 11 is 0. The molecule has 1 aliphatic carbocycles. The number of carbonyl (C=O) groups excluding carboxylic acids is 2. The van der Waals surface area contributed by atoms with Gasteiger partial charge in [-0.05, 0) is 48.8 Å². The van der Waals surface area contributed by atoms with E-state index in [1.54, 1.807) is 0 Å². The van der Waals surface area contributed by atoms with Gasteiger partial charge in [0.15, 0.2) is 0 Å². The number of nitrogens with one attached hydrogen (secondary N) is 1. The Bertz CT molecular complexity index is 760. The van der Waals surface area contributed by atoms with Crippen LogP contribution >= 0.6 is 0 Å². The van der Waals surface area contributed by atoms with E-state index in [0.29, 0.717) is 12.5 Å². The number of rotatable bonds is 6. The summed E-state index contributed by atoms with van der Waals surface area (Å²) in [5.74, 6) is -2.25. The van der Waals surface area contributed by atoms with Gasteiger partial charge in [-0.15, -0.1) is 0 Å². The van der Waals surface area contributed by atoms with Gasteiger partial charge in [-0.25, -0.2) is 4.39 Å². The van der Waals surface area contributed by atoms with Crippen molar-refractivity contribution in [1.29, 1.82) is 0 Å². The summed E-state index contributed by atoms with van der Waals surface area (Å²) in [5.41, 5.74) is 0.202. The van der Waals surface area contributed by atoms with E-state index in [0.717, 1.165) is 18.9 Å². The number of halogens is 1. The molecule has 2 amide bonds. The predicted octanol–water partition coefficient (Wildman–Crippen LogP) is 2.99. The summed E-state index contributed by atoms with van der Waals surface area (Å²) < 4.78 is 14.3. The van der Waals surface area contributed by atoms with Crippen LogP contribution in [0.3, 0.4) is 0 Å². The summed E-state index contributed by atoms with van der Waals surface area (Å²) in [5, 5.41) is 11.9. The molecule has 3 rings (SSSR count). The fourth-order valence-electron chi connectivity index (χ4n) is 3.76. The topological polar surface area (TPSA) is 86.7 Å². The molecule has 2 atom stereocenters. The van der Waals surface area contributed by atoms with Crippen LogP contribution in [0.4, 0.5) is 10.1 Å². The lowest BCUT2D eigenvalue weighted by Gasteiger charge is -2.17. The number of nitrogens with zero attached hydrogens (tertiary/aromatic N) is 1. The first kappa shape index (κ1) is 19.3. The van der Waals surface area contributed by atoms with E-state index in [4.69, 9.17) is 0 Å². The maximum absolute atomic E-state index is 14.3. The van der Waals surface area contributed by atoms with Crippen LogP contribution in [0.1, 0.15) is 43.5 Å². The van der Waals surface area contributed by atoms with Crippen molar-refractivity contribution in [2.24, 2.45) is 23.7 Å². The third-order valence-corrected chi connectivity index (χ3v) is 5.28. The average molecular weight is 376 g/mol. The molecule has 6 nitrogen and oxygen atoms in total. The van der Waals surface area contributed by atoms with Gasteiger partial charge < -0.3 is 15.3 Å². The first-order chi connectivity index (χ1) is 12.8. The minimum Gasteiger partial charge on any atom is -0.481 e.